The molecule has 3 unspecified atom stereocenters. The van der Waals surface area contributed by atoms with E-state index in [1.165, 1.54) is 51.7 Å². The Labute approximate surface area is 112 Å². The molecule has 3 atom stereocenters. The molecule has 0 radical (unpaired) electrons. The van der Waals surface area contributed by atoms with Gasteiger partial charge in [0, 0.05) is 18.6 Å². The van der Waals surface area contributed by atoms with Gasteiger partial charge in [-0.15, -0.1) is 0 Å². The van der Waals surface area contributed by atoms with Crippen molar-refractivity contribution in [2.24, 2.45) is 0 Å². The normalized spacial score (nSPS) is 38.0. The van der Waals surface area contributed by atoms with Crippen LogP contribution in [0.15, 0.2) is 0 Å². The first-order valence-electron chi connectivity index (χ1n) is 7.82. The topological polar surface area (TPSA) is 24.5 Å². The van der Waals surface area contributed by atoms with Gasteiger partial charge < -0.3 is 10.1 Å². The minimum absolute atomic E-state index is 0.423. The lowest BCUT2D eigenvalue weighted by atomic mass is 9.96. The van der Waals surface area contributed by atoms with E-state index in [1.54, 1.807) is 0 Å². The monoisotopic (exact) mass is 254 g/mol. The Hall–Kier alpha value is -0.120. The van der Waals surface area contributed by atoms with Crippen LogP contribution in [0.1, 0.15) is 52.9 Å². The summed E-state index contributed by atoms with van der Waals surface area (Å²) in [5.41, 5.74) is 0. The van der Waals surface area contributed by atoms with Gasteiger partial charge in [0.25, 0.3) is 0 Å². The smallest absolute Gasteiger partial charge is 0.0565 e. The summed E-state index contributed by atoms with van der Waals surface area (Å²) in [7, 11) is 0. The number of nitrogens with zero attached hydrogens (tertiary/aromatic N) is 1. The van der Waals surface area contributed by atoms with Crippen molar-refractivity contribution in [2.75, 3.05) is 19.6 Å². The van der Waals surface area contributed by atoms with Crippen LogP contribution in [0.25, 0.3) is 0 Å². The van der Waals surface area contributed by atoms with Crippen LogP contribution in [0.3, 0.4) is 0 Å². The van der Waals surface area contributed by atoms with Gasteiger partial charge in [0.05, 0.1) is 12.2 Å². The molecule has 2 fully saturated rings. The number of piperidine rings is 1. The highest BCUT2D eigenvalue weighted by Crippen LogP contribution is 2.24. The average Bonchev–Trinajstić information content (AvgIpc) is 2.36. The van der Waals surface area contributed by atoms with Crippen LogP contribution >= 0.6 is 0 Å². The van der Waals surface area contributed by atoms with Gasteiger partial charge >= 0.3 is 0 Å². The Bertz CT molecular complexity index is 231. The van der Waals surface area contributed by atoms with Gasteiger partial charge in [-0.3, -0.25) is 4.90 Å². The summed E-state index contributed by atoms with van der Waals surface area (Å²) in [6.07, 6.45) is 7.35. The van der Waals surface area contributed by atoms with E-state index < -0.39 is 0 Å². The first kappa shape index (κ1) is 14.3. The zero-order valence-corrected chi connectivity index (χ0v) is 12.3. The van der Waals surface area contributed by atoms with Crippen LogP contribution in [-0.2, 0) is 4.74 Å². The number of ether oxygens (including phenoxy) is 1. The van der Waals surface area contributed by atoms with Crippen LogP contribution in [0.2, 0.25) is 0 Å². The maximum atomic E-state index is 5.86. The van der Waals surface area contributed by atoms with Crippen LogP contribution in [-0.4, -0.2) is 48.8 Å². The van der Waals surface area contributed by atoms with E-state index in [0.29, 0.717) is 18.2 Å². The highest BCUT2D eigenvalue weighted by atomic mass is 16.5. The Balaban J connectivity index is 1.86. The first-order chi connectivity index (χ1) is 8.69. The van der Waals surface area contributed by atoms with E-state index in [9.17, 15) is 0 Å². The maximum absolute atomic E-state index is 5.86. The van der Waals surface area contributed by atoms with E-state index in [-0.39, 0.29) is 0 Å². The highest BCUT2D eigenvalue weighted by Gasteiger charge is 2.29. The largest absolute Gasteiger partial charge is 0.375 e. The molecule has 2 rings (SSSR count). The summed E-state index contributed by atoms with van der Waals surface area (Å²) in [6.45, 7) is 10.3. The summed E-state index contributed by atoms with van der Waals surface area (Å²) >= 11 is 0. The fourth-order valence-corrected chi connectivity index (χ4v) is 3.57. The van der Waals surface area contributed by atoms with E-state index in [0.717, 1.165) is 6.04 Å². The predicted molar refractivity (Wildman–Crippen MR) is 75.9 cm³/mol. The lowest BCUT2D eigenvalue weighted by molar-refractivity contribution is -0.0658. The van der Waals surface area contributed by atoms with E-state index in [2.05, 4.69) is 31.0 Å². The summed E-state index contributed by atoms with van der Waals surface area (Å²) in [5, 5.41) is 3.67. The van der Waals surface area contributed by atoms with Crippen molar-refractivity contribution >= 4 is 0 Å². The molecule has 0 aromatic carbocycles. The number of rotatable bonds is 4. The molecule has 0 bridgehead atoms. The fourth-order valence-electron chi connectivity index (χ4n) is 3.57. The Morgan fingerprint density at radius 2 is 1.89 bits per heavy atom. The van der Waals surface area contributed by atoms with Gasteiger partial charge in [-0.1, -0.05) is 13.3 Å². The average molecular weight is 254 g/mol. The summed E-state index contributed by atoms with van der Waals surface area (Å²) < 4.78 is 5.86. The van der Waals surface area contributed by atoms with E-state index >= 15 is 0 Å². The standard InChI is InChI=1S/C15H30N2O/c1-4-17(11-14-7-5-6-8-16-14)15-9-12(2)18-13(3)10-15/h12-16H,4-11H2,1-3H3. The molecule has 0 aromatic rings. The summed E-state index contributed by atoms with van der Waals surface area (Å²) in [4.78, 5) is 2.68. The summed E-state index contributed by atoms with van der Waals surface area (Å²) in [6, 6.07) is 1.43. The van der Waals surface area contributed by atoms with Crippen LogP contribution in [0.4, 0.5) is 0 Å². The number of hydrogen-bond donors (Lipinski definition) is 1. The second kappa shape index (κ2) is 6.88. The molecule has 2 saturated heterocycles. The first-order valence-corrected chi connectivity index (χ1v) is 7.82. The molecule has 106 valence electrons. The fraction of sp³-hybridized carbons (Fsp3) is 1.00. The lowest BCUT2D eigenvalue weighted by Gasteiger charge is -2.41. The third-order valence-electron chi connectivity index (χ3n) is 4.46. The third-order valence-corrected chi connectivity index (χ3v) is 4.46. The maximum Gasteiger partial charge on any atom is 0.0565 e. The molecule has 3 heteroatoms. The second-order valence-electron chi connectivity index (χ2n) is 6.12. The van der Waals surface area contributed by atoms with E-state index in [1.807, 2.05) is 0 Å². The van der Waals surface area contributed by atoms with Crippen molar-refractivity contribution in [2.45, 2.75) is 77.2 Å². The van der Waals surface area contributed by atoms with Crippen LogP contribution < -0.4 is 5.32 Å². The molecular weight excluding hydrogens is 224 g/mol. The molecule has 0 aliphatic carbocycles. The van der Waals surface area contributed by atoms with Gasteiger partial charge in [0.1, 0.15) is 0 Å². The van der Waals surface area contributed by atoms with Gasteiger partial charge in [0.15, 0.2) is 0 Å². The summed E-state index contributed by atoms with van der Waals surface area (Å²) in [5.74, 6) is 0. The van der Waals surface area contributed by atoms with Crippen molar-refractivity contribution in [3.8, 4) is 0 Å². The van der Waals surface area contributed by atoms with Crippen molar-refractivity contribution in [3.05, 3.63) is 0 Å². The molecule has 2 aliphatic heterocycles. The zero-order valence-electron chi connectivity index (χ0n) is 12.3. The Kier molecular flexibility index (Phi) is 5.46. The van der Waals surface area contributed by atoms with Gasteiger partial charge in [-0.25, -0.2) is 0 Å². The molecule has 3 nitrogen and oxygen atoms in total. The molecule has 0 aromatic heterocycles. The van der Waals surface area contributed by atoms with Gasteiger partial charge in [-0.05, 0) is 52.6 Å². The number of likely N-dealkylation sites (N-methyl/N-ethyl adjacent to an activating group) is 1. The SMILES string of the molecule is CCN(CC1CCCCN1)C1CC(C)OC(C)C1. The molecule has 0 spiro atoms. The second-order valence-corrected chi connectivity index (χ2v) is 6.12. The van der Waals surface area contributed by atoms with Crippen LogP contribution in [0, 0.1) is 0 Å². The number of nitrogens with one attached hydrogen (secondary N) is 1. The Morgan fingerprint density at radius 1 is 1.17 bits per heavy atom. The molecule has 0 saturated carbocycles. The minimum atomic E-state index is 0.423. The predicted octanol–water partition coefficient (Wildman–Crippen LogP) is 2.41. The molecular formula is C15H30N2O. The Morgan fingerprint density at radius 3 is 2.44 bits per heavy atom. The molecule has 0 amide bonds. The molecule has 18 heavy (non-hydrogen) atoms. The molecule has 1 N–H and O–H groups in total. The quantitative estimate of drug-likeness (QED) is 0.834. The van der Waals surface area contributed by atoms with Gasteiger partial charge in [-0.2, -0.15) is 0 Å². The van der Waals surface area contributed by atoms with Gasteiger partial charge in [0.2, 0.25) is 0 Å². The molecule has 2 aliphatic rings. The third kappa shape index (κ3) is 3.94. The molecule has 2 heterocycles. The lowest BCUT2D eigenvalue weighted by Crippen LogP contribution is -2.50. The van der Waals surface area contributed by atoms with Crippen molar-refractivity contribution in [3.63, 3.8) is 0 Å². The highest BCUT2D eigenvalue weighted by molar-refractivity contribution is 4.84. The van der Waals surface area contributed by atoms with Crippen molar-refractivity contribution in [1.29, 1.82) is 0 Å². The zero-order chi connectivity index (χ0) is 13.0. The number of hydrogen-bond acceptors (Lipinski definition) is 3. The van der Waals surface area contributed by atoms with Crippen molar-refractivity contribution < 1.29 is 4.74 Å². The van der Waals surface area contributed by atoms with Crippen LogP contribution in [0.5, 0.6) is 0 Å². The van der Waals surface area contributed by atoms with E-state index in [4.69, 9.17) is 4.74 Å². The minimum Gasteiger partial charge on any atom is -0.375 e. The van der Waals surface area contributed by atoms with Crippen molar-refractivity contribution in [1.82, 2.24) is 10.2 Å².